The van der Waals surface area contributed by atoms with Crippen LogP contribution in [0.25, 0.3) is 0 Å². The predicted molar refractivity (Wildman–Crippen MR) is 154 cm³/mol. The minimum absolute atomic E-state index is 0. The molecule has 3 aliphatic rings. The van der Waals surface area contributed by atoms with Crippen molar-refractivity contribution in [3.05, 3.63) is 51.6 Å². The third-order valence-corrected chi connectivity index (χ3v) is 7.26. The molecule has 0 amide bonds. The topological polar surface area (TPSA) is 171 Å². The van der Waals surface area contributed by atoms with Gasteiger partial charge in [-0.25, -0.2) is 0 Å². The summed E-state index contributed by atoms with van der Waals surface area (Å²) in [7, 11) is 1.38. The van der Waals surface area contributed by atoms with Gasteiger partial charge in [0.15, 0.2) is 17.9 Å². The Morgan fingerprint density at radius 3 is 2.12 bits per heavy atom. The highest BCUT2D eigenvalue weighted by Crippen LogP contribution is 2.47. The smallest absolute Gasteiger partial charge is 0.202 e. The quantitative estimate of drug-likeness (QED) is 0.290. The number of carbonyl (C=O) groups is 3. The minimum Gasteiger partial charge on any atom is -0.507 e. The third-order valence-electron chi connectivity index (χ3n) is 7.26. The molecule has 2 unspecified atom stereocenters. The first kappa shape index (κ1) is 33.9. The van der Waals surface area contributed by atoms with E-state index < -0.39 is 36.5 Å². The molecule has 5 N–H and O–H groups in total. The summed E-state index contributed by atoms with van der Waals surface area (Å²) in [6, 6.07) is 4.59. The summed E-state index contributed by atoms with van der Waals surface area (Å²) in [6.45, 7) is 9.15. The van der Waals surface area contributed by atoms with Gasteiger partial charge < -0.3 is 35.0 Å². The fraction of sp³-hybridized carbons (Fsp3) is 0.516. The van der Waals surface area contributed by atoms with E-state index in [9.17, 15) is 24.6 Å². The average molecular weight is 577 g/mol. The molecule has 10 heteroatoms. The number of fused-ring (bicyclic) bond motifs is 3. The number of aliphatic hydroxyl groups is 3. The summed E-state index contributed by atoms with van der Waals surface area (Å²) in [5.74, 6) is -2.56. The molecule has 2 aromatic carbocycles. The van der Waals surface area contributed by atoms with Gasteiger partial charge >= 0.3 is 0 Å². The Hall–Kier alpha value is -3.31. The number of rotatable bonds is 3. The molecule has 2 aliphatic carbocycles. The molecule has 1 heterocycles. The highest BCUT2D eigenvalue weighted by Gasteiger charge is 2.41. The number of hydrogen-bond donors (Lipinski definition) is 5. The summed E-state index contributed by atoms with van der Waals surface area (Å²) in [5, 5.41) is 48.7. The van der Waals surface area contributed by atoms with Gasteiger partial charge in [0.2, 0.25) is 5.78 Å². The molecule has 0 radical (unpaired) electrons. The van der Waals surface area contributed by atoms with Crippen LogP contribution in [0.1, 0.15) is 98.3 Å². The fourth-order valence-electron chi connectivity index (χ4n) is 5.17. The number of phenolic OH excluding ortho intramolecular Hbond substituents is 2. The van der Waals surface area contributed by atoms with Crippen LogP contribution < -0.4 is 4.74 Å². The van der Waals surface area contributed by atoms with Gasteiger partial charge in [-0.2, -0.15) is 0 Å². The van der Waals surface area contributed by atoms with Crippen molar-refractivity contribution in [2.24, 2.45) is 5.92 Å². The lowest BCUT2D eigenvalue weighted by Gasteiger charge is -2.29. The van der Waals surface area contributed by atoms with E-state index in [1.165, 1.54) is 13.2 Å². The zero-order chi connectivity index (χ0) is 31.0. The molecule has 10 nitrogen and oxygen atoms in total. The van der Waals surface area contributed by atoms with E-state index in [1.54, 1.807) is 19.1 Å². The first-order valence-corrected chi connectivity index (χ1v) is 14.1. The first-order valence-electron chi connectivity index (χ1n) is 14.1. The summed E-state index contributed by atoms with van der Waals surface area (Å²) in [4.78, 5) is 38.1. The van der Waals surface area contributed by atoms with E-state index in [0.29, 0.717) is 24.8 Å². The molecule has 0 bridgehead atoms. The molecular formula is C31H44O10. The van der Waals surface area contributed by atoms with Crippen LogP contribution in [-0.2, 0) is 22.4 Å². The predicted octanol–water partition coefficient (Wildman–Crippen LogP) is 3.71. The molecule has 41 heavy (non-hydrogen) atoms. The second-order valence-corrected chi connectivity index (χ2v) is 9.45. The summed E-state index contributed by atoms with van der Waals surface area (Å²) >= 11 is 0. The number of aliphatic hydroxyl groups excluding tert-OH is 3. The molecule has 0 spiro atoms. The van der Waals surface area contributed by atoms with Crippen LogP contribution in [0, 0.1) is 5.92 Å². The highest BCUT2D eigenvalue weighted by molar-refractivity contribution is 6.31. The number of Topliss-reactive ketones (excluding diaryl/α,β-unsaturated/α-hetero) is 1. The number of ketones is 3. The van der Waals surface area contributed by atoms with Gasteiger partial charge in [-0.3, -0.25) is 14.4 Å². The Bertz CT molecular complexity index is 1260. The maximum atomic E-state index is 13.1. The van der Waals surface area contributed by atoms with Gasteiger partial charge in [0.25, 0.3) is 0 Å². The summed E-state index contributed by atoms with van der Waals surface area (Å²) in [5.41, 5.74) is 0.301. The van der Waals surface area contributed by atoms with Crippen molar-refractivity contribution in [2.45, 2.75) is 85.2 Å². The number of aromatic hydroxyl groups is 2. The highest BCUT2D eigenvalue weighted by atomic mass is 16.6. The number of benzene rings is 2. The lowest BCUT2D eigenvalue weighted by atomic mass is 9.75. The van der Waals surface area contributed by atoms with Crippen molar-refractivity contribution in [1.82, 2.24) is 0 Å². The Morgan fingerprint density at radius 2 is 1.56 bits per heavy atom. The van der Waals surface area contributed by atoms with Gasteiger partial charge in [-0.15, -0.1) is 0 Å². The molecule has 1 aliphatic heterocycles. The summed E-state index contributed by atoms with van der Waals surface area (Å²) < 4.78 is 10.1. The molecule has 0 aromatic heterocycles. The molecule has 1 saturated heterocycles. The van der Waals surface area contributed by atoms with Gasteiger partial charge in [-0.1, -0.05) is 39.8 Å². The second kappa shape index (κ2) is 15.1. The maximum absolute atomic E-state index is 13.1. The van der Waals surface area contributed by atoms with Crippen LogP contribution in [0.4, 0.5) is 0 Å². The maximum Gasteiger partial charge on any atom is 0.202 e. The van der Waals surface area contributed by atoms with Crippen LogP contribution in [0.3, 0.4) is 0 Å². The van der Waals surface area contributed by atoms with Crippen LogP contribution in [0.5, 0.6) is 17.2 Å². The van der Waals surface area contributed by atoms with Gasteiger partial charge in [-0.05, 0) is 38.7 Å². The van der Waals surface area contributed by atoms with Gasteiger partial charge in [0, 0.05) is 30.5 Å². The number of carbonyl (C=O) groups excluding carboxylic acids is 3. The lowest BCUT2D eigenvalue weighted by molar-refractivity contribution is -0.192. The van der Waals surface area contributed by atoms with E-state index >= 15 is 0 Å². The normalized spacial score (nSPS) is 22.2. The molecule has 4 atom stereocenters. The van der Waals surface area contributed by atoms with Crippen molar-refractivity contribution in [3.8, 4) is 17.2 Å². The third kappa shape index (κ3) is 6.78. The standard InChI is InChI=1S/C21H18O7.C6H12O3.2C2H6.H2/c1-28-14-4-2-3-11-15(14)21(27)17-16(19(11)25)20(26)12-7-9(13(23)8-22)5-6-10(12)18(17)24;1-4-5(7)2-3-6(8)9-4;2*1-2;/h2-4,9,22,24,26H,5-8H2,1H3;4-8H,2-3H2,1H3;2*1-2H3;1H/t;4-,5-,6?;;;/m.0.../s1. The van der Waals surface area contributed by atoms with E-state index in [1.807, 2.05) is 27.7 Å². The average Bonchev–Trinajstić information content (AvgIpc) is 3.00. The molecule has 228 valence electrons. The molecular weight excluding hydrogens is 532 g/mol. The van der Waals surface area contributed by atoms with Crippen molar-refractivity contribution < 1.29 is 50.8 Å². The van der Waals surface area contributed by atoms with Crippen molar-refractivity contribution in [1.29, 1.82) is 0 Å². The Morgan fingerprint density at radius 1 is 0.951 bits per heavy atom. The second-order valence-electron chi connectivity index (χ2n) is 9.45. The molecule has 5 rings (SSSR count). The fourth-order valence-corrected chi connectivity index (χ4v) is 5.17. The monoisotopic (exact) mass is 576 g/mol. The summed E-state index contributed by atoms with van der Waals surface area (Å²) in [6.07, 6.45) is 0.631. The van der Waals surface area contributed by atoms with Gasteiger partial charge in [0.1, 0.15) is 23.9 Å². The zero-order valence-electron chi connectivity index (χ0n) is 24.6. The number of ether oxygens (including phenoxy) is 2. The van der Waals surface area contributed by atoms with Crippen LogP contribution in [-0.4, -0.2) is 75.1 Å². The van der Waals surface area contributed by atoms with Crippen LogP contribution >= 0.6 is 0 Å². The Labute approximate surface area is 242 Å². The van der Waals surface area contributed by atoms with Gasteiger partial charge in [0.05, 0.1) is 36.0 Å². The SMILES string of the molecule is CC.CC.COc1cccc2c1C(=O)c1c(O)c3c(c(O)c1C2=O)CC(C(=O)CO)CC3.C[C@@H]1OC(O)CC[C@@H]1O.[HH]. The van der Waals surface area contributed by atoms with E-state index in [-0.39, 0.29) is 71.2 Å². The number of hydrogen-bond acceptors (Lipinski definition) is 10. The minimum atomic E-state index is -0.664. The van der Waals surface area contributed by atoms with E-state index in [2.05, 4.69) is 0 Å². The Kier molecular flexibility index (Phi) is 12.5. The molecule has 2 aromatic rings. The van der Waals surface area contributed by atoms with Crippen molar-refractivity contribution in [3.63, 3.8) is 0 Å². The van der Waals surface area contributed by atoms with E-state index in [4.69, 9.17) is 24.8 Å². The van der Waals surface area contributed by atoms with Crippen molar-refractivity contribution >= 4 is 17.3 Å². The number of phenols is 2. The van der Waals surface area contributed by atoms with Crippen LogP contribution in [0.2, 0.25) is 0 Å². The first-order chi connectivity index (χ1) is 19.6. The van der Waals surface area contributed by atoms with Crippen molar-refractivity contribution in [2.75, 3.05) is 13.7 Å². The van der Waals surface area contributed by atoms with Crippen LogP contribution in [0.15, 0.2) is 18.2 Å². The van der Waals surface area contributed by atoms with E-state index in [0.717, 1.165) is 0 Å². The largest absolute Gasteiger partial charge is 0.507 e. The zero-order valence-corrected chi connectivity index (χ0v) is 24.6. The lowest BCUT2D eigenvalue weighted by Crippen LogP contribution is -2.36. The number of methoxy groups -OCH3 is 1. The molecule has 1 fully saturated rings. The Balaban J connectivity index is 0.000000533. The molecule has 0 saturated carbocycles.